The van der Waals surface area contributed by atoms with E-state index >= 15 is 0 Å². The summed E-state index contributed by atoms with van der Waals surface area (Å²) < 4.78 is 2.07. The molecule has 31 heavy (non-hydrogen) atoms. The molecule has 1 aliphatic heterocycles. The van der Waals surface area contributed by atoms with Gasteiger partial charge in [0.05, 0.1) is 23.7 Å². The van der Waals surface area contributed by atoms with Crippen LogP contribution in [0.4, 0.5) is 0 Å². The number of aromatic nitrogens is 1. The average molecular weight is 414 g/mol. The van der Waals surface area contributed by atoms with E-state index in [1.54, 1.807) is 19.1 Å². The number of hydrogen-bond donors (Lipinski definition) is 0. The minimum absolute atomic E-state index is 0.106. The molecule has 0 N–H and O–H groups in total. The summed E-state index contributed by atoms with van der Waals surface area (Å²) in [6.45, 7) is 5.95. The molecule has 0 aliphatic carbocycles. The van der Waals surface area contributed by atoms with Gasteiger partial charge in [0.25, 0.3) is 0 Å². The van der Waals surface area contributed by atoms with Gasteiger partial charge in [-0.15, -0.1) is 0 Å². The van der Waals surface area contributed by atoms with Crippen LogP contribution in [-0.2, 0) is 11.2 Å². The molecule has 5 nitrogen and oxygen atoms in total. The Hall–Kier alpha value is -3.23. The average Bonchev–Trinajstić information content (AvgIpc) is 3.05. The Morgan fingerprint density at radius 1 is 1.03 bits per heavy atom. The number of Topliss-reactive ketones (excluding diaryl/α,β-unsaturated/α-hetero) is 2. The second-order valence-electron chi connectivity index (χ2n) is 8.44. The van der Waals surface area contributed by atoms with Crippen LogP contribution >= 0.6 is 0 Å². The fourth-order valence-corrected chi connectivity index (χ4v) is 4.63. The van der Waals surface area contributed by atoms with Crippen molar-refractivity contribution in [2.75, 3.05) is 19.6 Å². The van der Waals surface area contributed by atoms with Gasteiger partial charge in [-0.1, -0.05) is 18.6 Å². The van der Waals surface area contributed by atoms with Gasteiger partial charge >= 0.3 is 0 Å². The first-order valence-corrected chi connectivity index (χ1v) is 10.9. The molecule has 1 aromatic heterocycles. The second-order valence-corrected chi connectivity index (χ2v) is 8.44. The lowest BCUT2D eigenvalue weighted by molar-refractivity contribution is -0.116. The standard InChI is InChI=1S/C26H27N3O2/c1-18(30)14-21-8-11-23-24(15-21)29(22-9-6-20(16-27)7-10-22)19(2)26(23)25(31)17-28-12-4-3-5-13-28/h6-11,15H,3-5,12-14,17H2,1-2H3. The molecule has 0 unspecified atom stereocenters. The molecule has 0 saturated carbocycles. The van der Waals surface area contributed by atoms with Gasteiger partial charge in [0.2, 0.25) is 0 Å². The fraction of sp³-hybridized carbons (Fsp3) is 0.346. The van der Waals surface area contributed by atoms with Gasteiger partial charge in [0.1, 0.15) is 5.78 Å². The lowest BCUT2D eigenvalue weighted by atomic mass is 10.0. The number of likely N-dealkylation sites (tertiary alicyclic amines) is 1. The van der Waals surface area contributed by atoms with Crippen molar-refractivity contribution in [1.82, 2.24) is 9.47 Å². The zero-order valence-electron chi connectivity index (χ0n) is 18.1. The van der Waals surface area contributed by atoms with E-state index < -0.39 is 0 Å². The highest BCUT2D eigenvalue weighted by Crippen LogP contribution is 2.31. The Bertz CT molecular complexity index is 1180. The zero-order valence-corrected chi connectivity index (χ0v) is 18.1. The number of nitrogens with zero attached hydrogens (tertiary/aromatic N) is 3. The van der Waals surface area contributed by atoms with Crippen molar-refractivity contribution >= 4 is 22.5 Å². The predicted molar refractivity (Wildman–Crippen MR) is 122 cm³/mol. The highest BCUT2D eigenvalue weighted by atomic mass is 16.1. The van der Waals surface area contributed by atoms with Gasteiger partial charge in [-0.3, -0.25) is 14.5 Å². The van der Waals surface area contributed by atoms with Gasteiger partial charge in [0.15, 0.2) is 5.78 Å². The van der Waals surface area contributed by atoms with E-state index in [0.717, 1.165) is 59.3 Å². The summed E-state index contributed by atoms with van der Waals surface area (Å²) in [5.41, 5.74) is 4.99. The highest BCUT2D eigenvalue weighted by molar-refractivity contribution is 6.11. The van der Waals surface area contributed by atoms with E-state index in [4.69, 9.17) is 5.26 Å². The van der Waals surface area contributed by atoms with Crippen LogP contribution in [0.15, 0.2) is 42.5 Å². The van der Waals surface area contributed by atoms with Crippen molar-refractivity contribution < 1.29 is 9.59 Å². The summed E-state index contributed by atoms with van der Waals surface area (Å²) in [4.78, 5) is 27.3. The number of carbonyl (C=O) groups excluding carboxylic acids is 2. The summed E-state index contributed by atoms with van der Waals surface area (Å²) in [7, 11) is 0. The maximum Gasteiger partial charge on any atom is 0.179 e. The maximum atomic E-state index is 13.4. The van der Waals surface area contributed by atoms with Gasteiger partial charge < -0.3 is 4.57 Å². The fourth-order valence-electron chi connectivity index (χ4n) is 4.63. The molecule has 2 heterocycles. The molecule has 1 saturated heterocycles. The molecular weight excluding hydrogens is 386 g/mol. The summed E-state index contributed by atoms with van der Waals surface area (Å²) in [5.74, 6) is 0.241. The molecule has 158 valence electrons. The van der Waals surface area contributed by atoms with E-state index in [1.807, 2.05) is 37.3 Å². The molecule has 4 rings (SSSR count). The minimum Gasteiger partial charge on any atom is -0.313 e. The third-order valence-electron chi connectivity index (χ3n) is 6.07. The first kappa shape index (κ1) is 21.0. The van der Waals surface area contributed by atoms with Crippen LogP contribution in [0.5, 0.6) is 0 Å². The highest BCUT2D eigenvalue weighted by Gasteiger charge is 2.23. The van der Waals surface area contributed by atoms with E-state index in [2.05, 4.69) is 15.5 Å². The van der Waals surface area contributed by atoms with Crippen LogP contribution in [0.25, 0.3) is 16.6 Å². The smallest absolute Gasteiger partial charge is 0.179 e. The van der Waals surface area contributed by atoms with Crippen LogP contribution < -0.4 is 0 Å². The molecule has 2 aromatic carbocycles. The van der Waals surface area contributed by atoms with Crippen LogP contribution in [0.3, 0.4) is 0 Å². The lowest BCUT2D eigenvalue weighted by Crippen LogP contribution is -2.34. The number of benzene rings is 2. The molecule has 0 spiro atoms. The van der Waals surface area contributed by atoms with E-state index in [9.17, 15) is 9.59 Å². The molecule has 0 atom stereocenters. The Morgan fingerprint density at radius 3 is 2.39 bits per heavy atom. The largest absolute Gasteiger partial charge is 0.313 e. The van der Waals surface area contributed by atoms with Crippen molar-refractivity contribution in [2.45, 2.75) is 39.5 Å². The van der Waals surface area contributed by atoms with Gasteiger partial charge in [-0.2, -0.15) is 5.26 Å². The van der Waals surface area contributed by atoms with Crippen LogP contribution in [0.1, 0.15) is 53.4 Å². The monoisotopic (exact) mass is 413 g/mol. The van der Waals surface area contributed by atoms with Crippen molar-refractivity contribution in [3.05, 3.63) is 64.8 Å². The normalized spacial score (nSPS) is 14.5. The van der Waals surface area contributed by atoms with E-state index in [-0.39, 0.29) is 11.6 Å². The second kappa shape index (κ2) is 8.87. The van der Waals surface area contributed by atoms with E-state index in [1.165, 1.54) is 6.42 Å². The molecular formula is C26H27N3O2. The predicted octanol–water partition coefficient (Wildman–Crippen LogP) is 4.61. The lowest BCUT2D eigenvalue weighted by Gasteiger charge is -2.25. The SMILES string of the molecule is CC(=O)Cc1ccc2c(C(=O)CN3CCCCC3)c(C)n(-c3ccc(C#N)cc3)c2c1. The zero-order chi connectivity index (χ0) is 22.0. The number of carbonyl (C=O) groups is 2. The molecule has 0 bridgehead atoms. The third-order valence-corrected chi connectivity index (χ3v) is 6.07. The van der Waals surface area contributed by atoms with Crippen LogP contribution in [0.2, 0.25) is 0 Å². The van der Waals surface area contributed by atoms with Gasteiger partial charge in [-0.05, 0) is 75.7 Å². The van der Waals surface area contributed by atoms with Crippen molar-refractivity contribution in [1.29, 1.82) is 5.26 Å². The number of ketones is 2. The molecule has 3 aromatic rings. The Balaban J connectivity index is 1.83. The number of rotatable bonds is 6. The third kappa shape index (κ3) is 4.30. The van der Waals surface area contributed by atoms with Crippen LogP contribution in [-0.4, -0.2) is 40.7 Å². The van der Waals surface area contributed by atoms with Gasteiger partial charge in [-0.25, -0.2) is 0 Å². The molecule has 0 amide bonds. The Kier molecular flexibility index (Phi) is 6.01. The number of piperidine rings is 1. The van der Waals surface area contributed by atoms with Crippen molar-refractivity contribution in [3.8, 4) is 11.8 Å². The van der Waals surface area contributed by atoms with Gasteiger partial charge in [0, 0.05) is 28.8 Å². The molecule has 5 heteroatoms. The first-order valence-electron chi connectivity index (χ1n) is 10.9. The van der Waals surface area contributed by atoms with Crippen molar-refractivity contribution in [3.63, 3.8) is 0 Å². The topological polar surface area (TPSA) is 66.1 Å². The molecule has 1 fully saturated rings. The summed E-state index contributed by atoms with van der Waals surface area (Å²) in [5, 5.41) is 10.1. The summed E-state index contributed by atoms with van der Waals surface area (Å²) in [6.07, 6.45) is 3.90. The maximum absolute atomic E-state index is 13.4. The van der Waals surface area contributed by atoms with E-state index in [0.29, 0.717) is 18.5 Å². The summed E-state index contributed by atoms with van der Waals surface area (Å²) >= 11 is 0. The number of hydrogen-bond acceptors (Lipinski definition) is 4. The Morgan fingerprint density at radius 2 is 1.74 bits per heavy atom. The minimum atomic E-state index is 0.106. The number of nitriles is 1. The molecule has 0 radical (unpaired) electrons. The first-order chi connectivity index (χ1) is 15.0. The van der Waals surface area contributed by atoms with Crippen molar-refractivity contribution in [2.24, 2.45) is 0 Å². The number of fused-ring (bicyclic) bond motifs is 1. The Labute approximate surface area is 182 Å². The summed E-state index contributed by atoms with van der Waals surface area (Å²) in [6, 6.07) is 15.5. The van der Waals surface area contributed by atoms with Crippen LogP contribution in [0, 0.1) is 18.3 Å². The molecule has 1 aliphatic rings. The quantitative estimate of drug-likeness (QED) is 0.554.